The highest BCUT2D eigenvalue weighted by Gasteiger charge is 2.17. The Labute approximate surface area is 141 Å². The first-order valence-corrected chi connectivity index (χ1v) is 7.46. The van der Waals surface area contributed by atoms with Crippen LogP contribution in [0.2, 0.25) is 15.1 Å². The van der Waals surface area contributed by atoms with Crippen molar-refractivity contribution in [2.75, 3.05) is 0 Å². The van der Waals surface area contributed by atoms with Crippen molar-refractivity contribution in [2.45, 2.75) is 6.42 Å². The maximum atomic E-state index is 14.1. The zero-order valence-electron chi connectivity index (χ0n) is 11.1. The number of nitriles is 1. The van der Waals surface area contributed by atoms with Gasteiger partial charge in [-0.15, -0.1) is 0 Å². The quantitative estimate of drug-likeness (QED) is 0.564. The summed E-state index contributed by atoms with van der Waals surface area (Å²) in [5, 5.41) is 10.3. The normalized spacial score (nSPS) is 10.9. The Bertz CT molecular complexity index is 925. The highest BCUT2D eigenvalue weighted by molar-refractivity contribution is 6.45. The average Bonchev–Trinajstić information content (AvgIpc) is 2.89. The molecule has 0 amide bonds. The fourth-order valence-corrected chi connectivity index (χ4v) is 3.18. The molecule has 0 fully saturated rings. The van der Waals surface area contributed by atoms with E-state index in [0.29, 0.717) is 42.7 Å². The van der Waals surface area contributed by atoms with Gasteiger partial charge in [-0.05, 0) is 29.8 Å². The summed E-state index contributed by atoms with van der Waals surface area (Å²) in [5.74, 6) is -0.394. The van der Waals surface area contributed by atoms with E-state index in [4.69, 9.17) is 40.1 Å². The topological polar surface area (TPSA) is 39.6 Å². The summed E-state index contributed by atoms with van der Waals surface area (Å²) in [6.07, 6.45) is 1.74. The molecule has 6 heteroatoms. The molecule has 0 aliphatic heterocycles. The van der Waals surface area contributed by atoms with Crippen molar-refractivity contribution >= 4 is 45.7 Å². The highest BCUT2D eigenvalue weighted by atomic mass is 35.5. The second kappa shape index (κ2) is 5.81. The molecule has 0 saturated heterocycles. The molecule has 3 aromatic rings. The molecule has 110 valence electrons. The number of halogens is 4. The largest absolute Gasteiger partial charge is 0.360 e. The van der Waals surface area contributed by atoms with E-state index in [9.17, 15) is 4.39 Å². The molecule has 2 nitrogen and oxygen atoms in total. The molecule has 0 unspecified atom stereocenters. The number of benzene rings is 2. The Morgan fingerprint density at radius 3 is 2.64 bits per heavy atom. The SMILES string of the molecule is N#CCc1c[nH]c2c(-c3cc(Cl)cc(Cl)c3Cl)ccc(F)c12. The first kappa shape index (κ1) is 15.2. The van der Waals surface area contributed by atoms with Gasteiger partial charge < -0.3 is 4.98 Å². The molecule has 0 aliphatic rings. The van der Waals surface area contributed by atoms with Crippen LogP contribution in [0.1, 0.15) is 5.56 Å². The van der Waals surface area contributed by atoms with Gasteiger partial charge in [0.15, 0.2) is 0 Å². The molecular formula is C16H8Cl3FN2. The van der Waals surface area contributed by atoms with Gasteiger partial charge in [0.05, 0.1) is 28.1 Å². The highest BCUT2D eigenvalue weighted by Crippen LogP contribution is 2.40. The Morgan fingerprint density at radius 2 is 1.91 bits per heavy atom. The van der Waals surface area contributed by atoms with Crippen LogP contribution in [-0.4, -0.2) is 4.98 Å². The van der Waals surface area contributed by atoms with Gasteiger partial charge in [-0.1, -0.05) is 34.8 Å². The second-order valence-corrected chi connectivity index (χ2v) is 5.96. The molecular weight excluding hydrogens is 346 g/mol. The van der Waals surface area contributed by atoms with E-state index >= 15 is 0 Å². The number of nitrogens with one attached hydrogen (secondary N) is 1. The second-order valence-electron chi connectivity index (χ2n) is 4.74. The maximum Gasteiger partial charge on any atom is 0.132 e. The van der Waals surface area contributed by atoms with E-state index in [0.717, 1.165) is 0 Å². The fraction of sp³-hybridized carbons (Fsp3) is 0.0625. The van der Waals surface area contributed by atoms with Gasteiger partial charge in [0.25, 0.3) is 0 Å². The monoisotopic (exact) mass is 352 g/mol. The van der Waals surface area contributed by atoms with Crippen LogP contribution in [0.15, 0.2) is 30.5 Å². The summed E-state index contributed by atoms with van der Waals surface area (Å²) in [6, 6.07) is 8.20. The minimum Gasteiger partial charge on any atom is -0.360 e. The Balaban J connectivity index is 2.34. The molecule has 0 atom stereocenters. The molecule has 1 N–H and O–H groups in total. The van der Waals surface area contributed by atoms with Gasteiger partial charge in [0.2, 0.25) is 0 Å². The summed E-state index contributed by atoms with van der Waals surface area (Å²) in [5.41, 5.74) is 2.44. The van der Waals surface area contributed by atoms with Gasteiger partial charge in [0, 0.05) is 27.7 Å². The lowest BCUT2D eigenvalue weighted by atomic mass is 10.0. The predicted molar refractivity (Wildman–Crippen MR) is 88.0 cm³/mol. The van der Waals surface area contributed by atoms with Crippen LogP contribution in [-0.2, 0) is 6.42 Å². The van der Waals surface area contributed by atoms with Crippen LogP contribution in [0.4, 0.5) is 4.39 Å². The summed E-state index contributed by atoms with van der Waals surface area (Å²) in [6.45, 7) is 0. The van der Waals surface area contributed by atoms with Gasteiger partial charge >= 0.3 is 0 Å². The van der Waals surface area contributed by atoms with E-state index in [2.05, 4.69) is 4.98 Å². The fourth-order valence-electron chi connectivity index (χ4n) is 2.47. The van der Waals surface area contributed by atoms with Gasteiger partial charge in [-0.2, -0.15) is 5.26 Å². The van der Waals surface area contributed by atoms with Crippen LogP contribution in [0.5, 0.6) is 0 Å². The predicted octanol–water partition coefficient (Wildman–Crippen LogP) is 6.00. The summed E-state index contributed by atoms with van der Waals surface area (Å²) in [4.78, 5) is 3.01. The van der Waals surface area contributed by atoms with Crippen LogP contribution >= 0.6 is 34.8 Å². The van der Waals surface area contributed by atoms with Crippen LogP contribution in [0.3, 0.4) is 0 Å². The Hall–Kier alpha value is -1.73. The van der Waals surface area contributed by atoms with Crippen molar-refractivity contribution in [1.29, 1.82) is 5.26 Å². The zero-order chi connectivity index (χ0) is 15.9. The number of aromatic amines is 1. The number of hydrogen-bond acceptors (Lipinski definition) is 1. The number of H-pyrrole nitrogens is 1. The number of hydrogen-bond donors (Lipinski definition) is 1. The van der Waals surface area contributed by atoms with Crippen molar-refractivity contribution in [2.24, 2.45) is 0 Å². The molecule has 1 aromatic heterocycles. The van der Waals surface area contributed by atoms with Crippen molar-refractivity contribution in [3.8, 4) is 17.2 Å². The molecule has 0 bridgehead atoms. The minimum atomic E-state index is -0.394. The average molecular weight is 354 g/mol. The van der Waals surface area contributed by atoms with E-state index in [1.54, 1.807) is 24.4 Å². The molecule has 3 rings (SSSR count). The van der Waals surface area contributed by atoms with Crippen LogP contribution in [0.25, 0.3) is 22.0 Å². The molecule has 0 spiro atoms. The summed E-state index contributed by atoms with van der Waals surface area (Å²) in [7, 11) is 0. The van der Waals surface area contributed by atoms with Gasteiger partial charge in [0.1, 0.15) is 5.82 Å². The number of fused-ring (bicyclic) bond motifs is 1. The van der Waals surface area contributed by atoms with Crippen molar-refractivity contribution in [1.82, 2.24) is 4.98 Å². The van der Waals surface area contributed by atoms with Crippen LogP contribution in [0, 0.1) is 17.1 Å². The Kier molecular flexibility index (Phi) is 4.01. The minimum absolute atomic E-state index is 0.115. The smallest absolute Gasteiger partial charge is 0.132 e. The zero-order valence-corrected chi connectivity index (χ0v) is 13.3. The van der Waals surface area contributed by atoms with Gasteiger partial charge in [-0.25, -0.2) is 4.39 Å². The van der Waals surface area contributed by atoms with Crippen LogP contribution < -0.4 is 0 Å². The molecule has 0 radical (unpaired) electrons. The standard InChI is InChI=1S/C16H8Cl3FN2/c17-9-5-11(15(19)12(18)6-9)10-1-2-13(20)14-8(3-4-21)7-22-16(10)14/h1-2,5-7,22H,3H2. The van der Waals surface area contributed by atoms with Gasteiger partial charge in [-0.3, -0.25) is 0 Å². The number of aromatic nitrogens is 1. The third-order valence-corrected chi connectivity index (χ3v) is 4.44. The summed E-state index contributed by atoms with van der Waals surface area (Å²) >= 11 is 18.4. The van der Waals surface area contributed by atoms with Crippen molar-refractivity contribution in [3.05, 3.63) is 56.9 Å². The third-order valence-electron chi connectivity index (χ3n) is 3.42. The third kappa shape index (κ3) is 2.44. The number of nitrogens with zero attached hydrogens (tertiary/aromatic N) is 1. The Morgan fingerprint density at radius 1 is 1.14 bits per heavy atom. The first-order chi connectivity index (χ1) is 10.5. The molecule has 2 aromatic carbocycles. The van der Waals surface area contributed by atoms with E-state index in [1.165, 1.54) is 6.07 Å². The van der Waals surface area contributed by atoms with E-state index in [1.807, 2.05) is 6.07 Å². The first-order valence-electron chi connectivity index (χ1n) is 6.33. The molecule has 22 heavy (non-hydrogen) atoms. The van der Waals surface area contributed by atoms with Crippen molar-refractivity contribution < 1.29 is 4.39 Å². The summed E-state index contributed by atoms with van der Waals surface area (Å²) < 4.78 is 14.1. The molecule has 0 saturated carbocycles. The van der Waals surface area contributed by atoms with E-state index in [-0.39, 0.29) is 6.42 Å². The van der Waals surface area contributed by atoms with E-state index < -0.39 is 5.82 Å². The molecule has 1 heterocycles. The lowest BCUT2D eigenvalue weighted by Crippen LogP contribution is -1.88. The lowest BCUT2D eigenvalue weighted by molar-refractivity contribution is 0.639. The number of rotatable bonds is 2. The lowest BCUT2D eigenvalue weighted by Gasteiger charge is -2.09. The maximum absolute atomic E-state index is 14.1. The molecule has 0 aliphatic carbocycles. The van der Waals surface area contributed by atoms with Crippen molar-refractivity contribution in [3.63, 3.8) is 0 Å².